The number of aromatic nitrogens is 11. The van der Waals surface area contributed by atoms with E-state index in [2.05, 4.69) is 97.7 Å². The van der Waals surface area contributed by atoms with Crippen molar-refractivity contribution in [2.24, 2.45) is 0 Å². The average molecular weight is 2020 g/mol. The summed E-state index contributed by atoms with van der Waals surface area (Å²) in [5.41, 5.74) is 5.76. The zero-order chi connectivity index (χ0) is 93.4. The number of pyridine rings is 5. The molecule has 10 aromatic rings. The number of ether oxygens (including phenoxy) is 2. The van der Waals surface area contributed by atoms with E-state index in [1.807, 2.05) is 89.2 Å². The van der Waals surface area contributed by atoms with Crippen LogP contribution in [-0.2, 0) is 39.8 Å². The van der Waals surface area contributed by atoms with Crippen molar-refractivity contribution < 1.29 is 33.4 Å². The quantitative estimate of drug-likeness (QED) is 0.0289. The van der Waals surface area contributed by atoms with Crippen molar-refractivity contribution in [1.82, 2.24) is 79.3 Å². The lowest BCUT2D eigenvalue weighted by Gasteiger charge is -2.35. The summed E-state index contributed by atoms with van der Waals surface area (Å²) in [7, 11) is 3.31. The molecule has 38 heteroatoms. The van der Waals surface area contributed by atoms with Crippen molar-refractivity contribution in [3.63, 3.8) is 0 Å². The van der Waals surface area contributed by atoms with Crippen molar-refractivity contribution in [3.05, 3.63) is 260 Å². The number of nitrogens with zero attached hydrogens (tertiary/aromatic N) is 11. The molecule has 5 N–H and O–H groups in total. The molecule has 5 aliphatic heterocycles. The molecule has 5 spiro atoms. The third-order valence-electron chi connectivity index (χ3n) is 25.3. The van der Waals surface area contributed by atoms with Gasteiger partial charge < -0.3 is 36.1 Å². The second-order valence-corrected chi connectivity index (χ2v) is 40.2. The van der Waals surface area contributed by atoms with Gasteiger partial charge in [-0.3, -0.25) is 70.8 Å². The van der Waals surface area contributed by atoms with Crippen LogP contribution in [0.15, 0.2) is 174 Å². The molecule has 20 rings (SSSR count). The maximum atomic E-state index is 13.3. The summed E-state index contributed by atoms with van der Waals surface area (Å²) in [4.78, 5) is 152. The van der Waals surface area contributed by atoms with Crippen molar-refractivity contribution in [2.75, 3.05) is 14.2 Å². The Morgan fingerprint density at radius 2 is 0.664 bits per heavy atom. The molecule has 13 heterocycles. The van der Waals surface area contributed by atoms with Crippen LogP contribution in [0.2, 0.25) is 21.0 Å². The largest absolute Gasteiger partial charge is 0.497 e. The summed E-state index contributed by atoms with van der Waals surface area (Å²) in [6.45, 7) is 9.38. The lowest BCUT2D eigenvalue weighted by molar-refractivity contribution is 0.0866. The summed E-state index contributed by atoms with van der Waals surface area (Å²) in [5.74, 6) is 2.54. The van der Waals surface area contributed by atoms with Gasteiger partial charge in [-0.2, -0.15) is 12.6 Å². The number of fused-ring (bicyclic) bond motifs is 10. The highest BCUT2D eigenvalue weighted by molar-refractivity contribution is 9.10. The Kier molecular flexibility index (Phi) is 31.5. The molecule has 2 aromatic carbocycles. The minimum absolute atomic E-state index is 0.0469. The number of benzene rings is 2. The zero-order valence-corrected chi connectivity index (χ0v) is 82.2. The highest BCUT2D eigenvalue weighted by Crippen LogP contribution is 2.44. The monoisotopic (exact) mass is 2010 g/mol. The number of thioether (sulfide) groups is 1. The number of carbonyl (C=O) groups excluding carboxylic acids is 5. The lowest BCUT2D eigenvalue weighted by Crippen LogP contribution is -2.48. The molecule has 0 saturated heterocycles. The van der Waals surface area contributed by atoms with Gasteiger partial charge in [0.1, 0.15) is 83.5 Å². The Hall–Kier alpha value is -9.23. The van der Waals surface area contributed by atoms with E-state index in [0.29, 0.717) is 73.5 Å². The van der Waals surface area contributed by atoms with E-state index in [-0.39, 0.29) is 73.2 Å². The van der Waals surface area contributed by atoms with Gasteiger partial charge in [0.05, 0.1) is 38.3 Å². The molecule has 0 atom stereocenters. The number of rotatable bonds is 10. The predicted octanol–water partition coefficient (Wildman–Crippen LogP) is 18.0. The van der Waals surface area contributed by atoms with Gasteiger partial charge in [0.2, 0.25) is 15.9 Å². The maximum absolute atomic E-state index is 13.3. The van der Waals surface area contributed by atoms with Crippen molar-refractivity contribution in [2.45, 2.75) is 265 Å². The molecule has 5 fully saturated rings. The van der Waals surface area contributed by atoms with Gasteiger partial charge in [0, 0.05) is 30.1 Å². The molecule has 5 amide bonds. The first-order valence-corrected chi connectivity index (χ1v) is 49.6. The summed E-state index contributed by atoms with van der Waals surface area (Å²) < 4.78 is 19.2. The molecule has 690 valence electrons. The molecule has 10 aliphatic rings. The third-order valence-corrected chi connectivity index (χ3v) is 30.3. The van der Waals surface area contributed by atoms with E-state index in [1.165, 1.54) is 59.9 Å². The van der Waals surface area contributed by atoms with Crippen LogP contribution in [-0.4, -0.2) is 96.5 Å². The summed E-state index contributed by atoms with van der Waals surface area (Å²) in [5, 5.41) is 17.4. The minimum Gasteiger partial charge on any atom is -0.497 e. The number of amides is 5. The number of hydrogen-bond donors (Lipinski definition) is 7. The van der Waals surface area contributed by atoms with Crippen LogP contribution in [0.4, 0.5) is 0 Å². The Balaban J connectivity index is 0.000000127. The van der Waals surface area contributed by atoms with Gasteiger partial charge in [0.15, 0.2) is 0 Å². The highest BCUT2D eigenvalue weighted by Gasteiger charge is 2.51. The Labute approximate surface area is 809 Å². The minimum atomic E-state index is -0.577. The number of carbonyl (C=O) groups is 5. The first-order valence-electron chi connectivity index (χ1n) is 43.6. The van der Waals surface area contributed by atoms with Gasteiger partial charge in [0.25, 0.3) is 57.3 Å². The molecule has 5 saturated carbocycles. The first-order chi connectivity index (χ1) is 62.8. The summed E-state index contributed by atoms with van der Waals surface area (Å²) in [6.07, 6.45) is 28.9. The number of methoxy groups -OCH3 is 2. The molecule has 28 nitrogen and oxygen atoms in total. The molecular weight excluding hydrogens is 1920 g/mol. The number of halogens is 5. The maximum Gasteiger partial charge on any atom is 0.270 e. The van der Waals surface area contributed by atoms with E-state index in [1.54, 1.807) is 91.9 Å². The van der Waals surface area contributed by atoms with E-state index >= 15 is 0 Å². The molecule has 0 bridgehead atoms. The Morgan fingerprint density at radius 3 is 0.977 bits per heavy atom. The fraction of sp³-hybridized carbons (Fsp3) is 0.419. The second kappa shape index (κ2) is 42.1. The van der Waals surface area contributed by atoms with Gasteiger partial charge >= 0.3 is 0 Å². The highest BCUT2D eigenvalue weighted by atomic mass is 79.9. The average Bonchev–Trinajstić information content (AvgIpc) is 1.60. The standard InChI is InChI=1S/C21H24N2O3S.2C17H17ClN4O2S.C13H15BrN2O2.C13H16N2O2S.C8H10OS.C4H2Cl2N2/c1-14-12-17(27-13-15-6-8-16(26-2)9-7-15)20(25)23-18(14)19(24)22-21(23)10-4-3-5-11-21;2*1-10-9-11(25-12-5-8-19-16(18)20-12)15(24)22-13(10)14(23)21-17(22)6-3-2-4-7-17;1-8-7-9(14)12(18)16-10(8)11(17)15-13(16)5-3-2-4-6-13;1-8-7-9(18)12(17)15-10(8)11(16)14-13(15)5-3-2-4-6-13;1-9-8-4-2-7(6-10)3-5-8;5-3-1-2-7-4(6)8-3/h6-9,12H,3-5,10-11,13H2,1-2H3,(H,22,24);2*5,8-9H,2-4,6-7H2,1H3,(H,21,23);7H,2-6H2,1H3,(H,15,17);7,18H,2-6H2,1H3,(H,14,16);2-5,10H,6H2,1H3;1-2H. The van der Waals surface area contributed by atoms with E-state index < -0.39 is 28.3 Å². The number of thiol groups is 2. The molecular formula is C93H101BrCl4N16O12S5. The van der Waals surface area contributed by atoms with Crippen molar-refractivity contribution in [1.29, 1.82) is 0 Å². The summed E-state index contributed by atoms with van der Waals surface area (Å²) in [6, 6.07) is 29.5. The predicted molar refractivity (Wildman–Crippen MR) is 517 cm³/mol. The van der Waals surface area contributed by atoms with Gasteiger partial charge in [-0.05, 0) is 326 Å². The zero-order valence-electron chi connectivity index (χ0n) is 73.4. The van der Waals surface area contributed by atoms with Gasteiger partial charge in [-0.1, -0.05) is 91.5 Å². The number of nitrogens with one attached hydrogen (secondary N) is 5. The van der Waals surface area contributed by atoms with Crippen LogP contribution in [0.5, 0.6) is 11.5 Å². The third kappa shape index (κ3) is 21.0. The van der Waals surface area contributed by atoms with Crippen LogP contribution in [0.1, 0.15) is 252 Å². The molecule has 131 heavy (non-hydrogen) atoms. The number of aryl methyl sites for hydroxylation is 5. The lowest BCUT2D eigenvalue weighted by atomic mass is 9.89. The normalized spacial score (nSPS) is 17.6. The van der Waals surface area contributed by atoms with Crippen LogP contribution < -0.4 is 63.9 Å². The van der Waals surface area contributed by atoms with Crippen molar-refractivity contribution >= 4 is 152 Å². The van der Waals surface area contributed by atoms with Crippen LogP contribution >= 0.6 is 123 Å². The van der Waals surface area contributed by atoms with E-state index in [4.69, 9.17) is 55.9 Å². The fourth-order valence-electron chi connectivity index (χ4n) is 19.2. The van der Waals surface area contributed by atoms with Crippen LogP contribution in [0, 0.1) is 34.6 Å². The molecule has 0 unspecified atom stereocenters. The molecule has 5 aliphatic carbocycles. The second-order valence-electron chi connectivity index (χ2n) is 34.0. The smallest absolute Gasteiger partial charge is 0.270 e. The fourth-order valence-corrected chi connectivity index (χ4v) is 23.8. The first kappa shape index (κ1) is 97.8. The molecule has 8 aromatic heterocycles. The van der Waals surface area contributed by atoms with E-state index in [9.17, 15) is 47.9 Å². The topological polar surface area (TPSA) is 351 Å². The van der Waals surface area contributed by atoms with Gasteiger partial charge in [-0.15, -0.1) is 24.4 Å². The Bertz CT molecular complexity index is 6070. The Morgan fingerprint density at radius 1 is 0.374 bits per heavy atom. The SMILES string of the molecule is COc1ccc(CS)cc1.COc1ccc(CSc2cc(C)c3n(c2=O)C2(CCCCC2)NC3=O)cc1.Cc1cc(Br)c(=O)n2c1C(=O)NC21CCCCC1.Cc1cc(S)c(=O)n2c1C(=O)NC21CCCCC1.Cc1cc(Sc2ccnc(Cl)n2)c(=O)n2c1C(=O)NC21CCCCC1.Cc1cc(Sc2ccnc(Cl)n2)c(=O)n2c1C(=O)NC21CCCCC1.Clc1ccnc(Cl)n1. The van der Waals surface area contributed by atoms with Crippen LogP contribution in [0.3, 0.4) is 0 Å². The number of hydrogen-bond acceptors (Lipinski definition) is 23. The van der Waals surface area contributed by atoms with Crippen LogP contribution in [0.25, 0.3) is 0 Å². The summed E-state index contributed by atoms with van der Waals surface area (Å²) >= 11 is 38.1. The van der Waals surface area contributed by atoms with Gasteiger partial charge in [-0.25, -0.2) is 29.9 Å². The molecule has 0 radical (unpaired) electrons. The van der Waals surface area contributed by atoms with E-state index in [0.717, 1.165) is 198 Å². The van der Waals surface area contributed by atoms with Crippen molar-refractivity contribution in [3.8, 4) is 11.5 Å².